The van der Waals surface area contributed by atoms with E-state index in [4.69, 9.17) is 11.6 Å². The molecule has 3 nitrogen and oxygen atoms in total. The second-order valence-electron chi connectivity index (χ2n) is 3.86. The number of carbonyl (C=O) groups is 1. The maximum absolute atomic E-state index is 13.4. The topological polar surface area (TPSA) is 49.3 Å². The van der Waals surface area contributed by atoms with Gasteiger partial charge in [-0.1, -0.05) is 11.6 Å². The van der Waals surface area contributed by atoms with E-state index in [9.17, 15) is 23.1 Å². The first-order chi connectivity index (χ1) is 9.38. The summed E-state index contributed by atoms with van der Waals surface area (Å²) in [4.78, 5) is 11.7. The lowest BCUT2D eigenvalue weighted by molar-refractivity contribution is 0.101. The molecule has 2 rings (SSSR count). The largest absolute Gasteiger partial charge is 0.506 e. The average Bonchev–Trinajstić information content (AvgIpc) is 2.32. The van der Waals surface area contributed by atoms with Gasteiger partial charge in [0, 0.05) is 23.9 Å². The number of rotatable bonds is 2. The first kappa shape index (κ1) is 14.2. The molecule has 0 aliphatic rings. The van der Waals surface area contributed by atoms with Gasteiger partial charge in [0.2, 0.25) is 0 Å². The molecule has 0 saturated carbocycles. The highest BCUT2D eigenvalue weighted by Crippen LogP contribution is 2.26. The van der Waals surface area contributed by atoms with Gasteiger partial charge in [-0.2, -0.15) is 0 Å². The van der Waals surface area contributed by atoms with Crippen LogP contribution in [0.5, 0.6) is 5.75 Å². The van der Waals surface area contributed by atoms with Crippen molar-refractivity contribution in [3.8, 4) is 5.75 Å². The SMILES string of the molecule is O=C(Nc1ccc(Cl)c(O)c1)c1c(F)cc(F)cc1F. The minimum absolute atomic E-state index is 0.0575. The number of phenols is 1. The molecule has 1 amide bonds. The summed E-state index contributed by atoms with van der Waals surface area (Å²) in [5, 5.41) is 11.6. The molecule has 0 aromatic heterocycles. The Morgan fingerprint density at radius 3 is 2.25 bits per heavy atom. The van der Waals surface area contributed by atoms with Crippen LogP contribution >= 0.6 is 11.6 Å². The Bertz CT molecular complexity index is 668. The number of hydrogen-bond donors (Lipinski definition) is 2. The molecule has 0 atom stereocenters. The van der Waals surface area contributed by atoms with Crippen LogP contribution in [0.25, 0.3) is 0 Å². The molecule has 2 aromatic rings. The van der Waals surface area contributed by atoms with Gasteiger partial charge in [0.15, 0.2) is 0 Å². The predicted octanol–water partition coefficient (Wildman–Crippen LogP) is 3.72. The fraction of sp³-hybridized carbons (Fsp3) is 0. The number of aromatic hydroxyl groups is 1. The van der Waals surface area contributed by atoms with E-state index >= 15 is 0 Å². The number of nitrogens with one attached hydrogen (secondary N) is 1. The Hall–Kier alpha value is -2.21. The van der Waals surface area contributed by atoms with Crippen molar-refractivity contribution in [1.29, 1.82) is 0 Å². The second-order valence-corrected chi connectivity index (χ2v) is 4.27. The predicted molar refractivity (Wildman–Crippen MR) is 67.4 cm³/mol. The van der Waals surface area contributed by atoms with Crippen molar-refractivity contribution in [2.75, 3.05) is 5.32 Å². The normalized spacial score (nSPS) is 10.4. The van der Waals surface area contributed by atoms with E-state index in [0.717, 1.165) is 6.07 Å². The summed E-state index contributed by atoms with van der Waals surface area (Å²) in [5.74, 6) is -5.18. The molecule has 0 heterocycles. The van der Waals surface area contributed by atoms with Gasteiger partial charge in [-0.15, -0.1) is 0 Å². The summed E-state index contributed by atoms with van der Waals surface area (Å²) in [5.41, 5.74) is -0.833. The van der Waals surface area contributed by atoms with Gasteiger partial charge in [-0.3, -0.25) is 4.79 Å². The van der Waals surface area contributed by atoms with Gasteiger partial charge in [0.05, 0.1) is 5.02 Å². The molecular formula is C13H7ClF3NO2. The quantitative estimate of drug-likeness (QED) is 0.888. The molecule has 0 spiro atoms. The van der Waals surface area contributed by atoms with Crippen LogP contribution in [-0.2, 0) is 0 Å². The maximum atomic E-state index is 13.4. The third kappa shape index (κ3) is 2.85. The van der Waals surface area contributed by atoms with E-state index in [1.54, 1.807) is 0 Å². The van der Waals surface area contributed by atoms with Gasteiger partial charge >= 0.3 is 0 Å². The first-order valence-corrected chi connectivity index (χ1v) is 5.70. The number of halogens is 4. The fourth-order valence-corrected chi connectivity index (χ4v) is 1.66. The molecule has 2 aromatic carbocycles. The van der Waals surface area contributed by atoms with Crippen LogP contribution in [0.1, 0.15) is 10.4 Å². The third-order valence-electron chi connectivity index (χ3n) is 2.44. The minimum atomic E-state index is -1.32. The standard InChI is InChI=1S/C13H7ClF3NO2/c14-8-2-1-7(5-11(8)19)18-13(20)12-9(16)3-6(15)4-10(12)17/h1-5,19H,(H,18,20). The van der Waals surface area contributed by atoms with Crippen molar-refractivity contribution in [3.63, 3.8) is 0 Å². The third-order valence-corrected chi connectivity index (χ3v) is 2.76. The number of hydrogen-bond acceptors (Lipinski definition) is 2. The number of phenolic OH excluding ortho intramolecular Hbond substituents is 1. The highest BCUT2D eigenvalue weighted by atomic mass is 35.5. The zero-order valence-electron chi connectivity index (χ0n) is 9.75. The summed E-state index contributed by atoms with van der Waals surface area (Å²) in [6.07, 6.45) is 0. The highest BCUT2D eigenvalue weighted by Gasteiger charge is 2.19. The Morgan fingerprint density at radius 1 is 1.10 bits per heavy atom. The van der Waals surface area contributed by atoms with Gasteiger partial charge in [-0.05, 0) is 12.1 Å². The van der Waals surface area contributed by atoms with Crippen LogP contribution in [0.3, 0.4) is 0 Å². The van der Waals surface area contributed by atoms with Gasteiger partial charge in [0.1, 0.15) is 28.8 Å². The van der Waals surface area contributed by atoms with Gasteiger partial charge in [-0.25, -0.2) is 13.2 Å². The zero-order chi connectivity index (χ0) is 14.9. The smallest absolute Gasteiger partial charge is 0.261 e. The van der Waals surface area contributed by atoms with Crippen molar-refractivity contribution in [1.82, 2.24) is 0 Å². The van der Waals surface area contributed by atoms with E-state index in [0.29, 0.717) is 12.1 Å². The van der Waals surface area contributed by atoms with Crippen molar-refractivity contribution in [2.45, 2.75) is 0 Å². The van der Waals surface area contributed by atoms with Gasteiger partial charge < -0.3 is 10.4 Å². The Labute approximate surface area is 116 Å². The van der Waals surface area contributed by atoms with Gasteiger partial charge in [0.25, 0.3) is 5.91 Å². The monoisotopic (exact) mass is 301 g/mol. The number of amides is 1. The Kier molecular flexibility index (Phi) is 3.85. The lowest BCUT2D eigenvalue weighted by Crippen LogP contribution is -2.16. The number of benzene rings is 2. The van der Waals surface area contributed by atoms with Crippen LogP contribution in [0.4, 0.5) is 18.9 Å². The molecule has 0 unspecified atom stereocenters. The van der Waals surface area contributed by atoms with Crippen LogP contribution in [0, 0.1) is 17.5 Å². The highest BCUT2D eigenvalue weighted by molar-refractivity contribution is 6.32. The van der Waals surface area contributed by atoms with E-state index < -0.39 is 28.9 Å². The maximum Gasteiger partial charge on any atom is 0.261 e. The van der Waals surface area contributed by atoms with E-state index in [1.807, 2.05) is 0 Å². The molecular weight excluding hydrogens is 295 g/mol. The molecule has 0 aliphatic heterocycles. The Balaban J connectivity index is 2.31. The van der Waals surface area contributed by atoms with E-state index in [2.05, 4.69) is 5.32 Å². The fourth-order valence-electron chi connectivity index (χ4n) is 1.54. The summed E-state index contributed by atoms with van der Waals surface area (Å²) >= 11 is 5.58. The van der Waals surface area contributed by atoms with Crippen LogP contribution in [0.2, 0.25) is 5.02 Å². The molecule has 0 radical (unpaired) electrons. The Morgan fingerprint density at radius 2 is 1.70 bits per heavy atom. The number of carbonyl (C=O) groups excluding carboxylic acids is 1. The van der Waals surface area contributed by atoms with E-state index in [1.165, 1.54) is 12.1 Å². The van der Waals surface area contributed by atoms with Crippen LogP contribution < -0.4 is 5.32 Å². The minimum Gasteiger partial charge on any atom is -0.506 e. The summed E-state index contributed by atoms with van der Waals surface area (Å²) in [7, 11) is 0. The molecule has 0 bridgehead atoms. The van der Waals surface area contributed by atoms with Crippen molar-refractivity contribution >= 4 is 23.2 Å². The zero-order valence-corrected chi connectivity index (χ0v) is 10.5. The molecule has 2 N–H and O–H groups in total. The van der Waals surface area contributed by atoms with Crippen molar-refractivity contribution in [3.05, 3.63) is 58.4 Å². The lowest BCUT2D eigenvalue weighted by atomic mass is 10.1. The number of anilines is 1. The molecule has 0 fully saturated rings. The molecule has 20 heavy (non-hydrogen) atoms. The second kappa shape index (κ2) is 5.42. The lowest BCUT2D eigenvalue weighted by Gasteiger charge is -2.08. The first-order valence-electron chi connectivity index (χ1n) is 5.33. The molecule has 0 aliphatic carbocycles. The summed E-state index contributed by atoms with van der Waals surface area (Å²) in [6.45, 7) is 0. The van der Waals surface area contributed by atoms with Crippen LogP contribution in [-0.4, -0.2) is 11.0 Å². The molecule has 0 saturated heterocycles. The van der Waals surface area contributed by atoms with Crippen molar-refractivity contribution < 1.29 is 23.1 Å². The van der Waals surface area contributed by atoms with Crippen LogP contribution in [0.15, 0.2) is 30.3 Å². The van der Waals surface area contributed by atoms with E-state index in [-0.39, 0.29) is 16.5 Å². The summed E-state index contributed by atoms with van der Waals surface area (Å²) in [6, 6.07) is 4.54. The molecule has 104 valence electrons. The molecule has 7 heteroatoms. The van der Waals surface area contributed by atoms with Crippen molar-refractivity contribution in [2.24, 2.45) is 0 Å². The average molecular weight is 302 g/mol. The summed E-state index contributed by atoms with van der Waals surface area (Å²) < 4.78 is 39.5.